The zero-order valence-corrected chi connectivity index (χ0v) is 41.9. The molecule has 3 N–H and O–H groups in total. The Labute approximate surface area is 424 Å². The van der Waals surface area contributed by atoms with E-state index in [1.807, 2.05) is 36.4 Å². The number of primary amides is 1. The first-order chi connectivity index (χ1) is 35.3. The van der Waals surface area contributed by atoms with Crippen molar-refractivity contribution in [3.63, 3.8) is 0 Å². The summed E-state index contributed by atoms with van der Waals surface area (Å²) >= 11 is 0. The van der Waals surface area contributed by atoms with Crippen LogP contribution < -0.4 is 44.2 Å². The van der Waals surface area contributed by atoms with Crippen LogP contribution in [0.3, 0.4) is 0 Å². The summed E-state index contributed by atoms with van der Waals surface area (Å²) in [6, 6.07) is 19.1. The molecule has 1 saturated heterocycles. The Balaban J connectivity index is 1.04. The van der Waals surface area contributed by atoms with Crippen molar-refractivity contribution in [3.8, 4) is 40.2 Å². The predicted molar refractivity (Wildman–Crippen MR) is 266 cm³/mol. The van der Waals surface area contributed by atoms with Gasteiger partial charge in [-0.25, -0.2) is 4.79 Å². The van der Waals surface area contributed by atoms with Crippen molar-refractivity contribution < 1.29 is 71.5 Å². The van der Waals surface area contributed by atoms with Crippen LogP contribution in [0.25, 0.3) is 0 Å². The normalized spacial score (nSPS) is 14.8. The molecule has 2 heterocycles. The van der Waals surface area contributed by atoms with E-state index < -0.39 is 35.8 Å². The number of ether oxygens (including phenoxy) is 8. The fourth-order valence-electron chi connectivity index (χ4n) is 8.93. The largest absolute Gasteiger partial charge is 0.493 e. The van der Waals surface area contributed by atoms with Crippen molar-refractivity contribution in [3.05, 3.63) is 101 Å². The highest BCUT2D eigenvalue weighted by atomic mass is 16.5. The highest BCUT2D eigenvalue weighted by molar-refractivity contribution is 6.23. The maximum atomic E-state index is 14.0. The van der Waals surface area contributed by atoms with Crippen molar-refractivity contribution in [1.82, 2.24) is 15.1 Å². The summed E-state index contributed by atoms with van der Waals surface area (Å²) in [7, 11) is 7.66. The number of rotatable bonds is 28. The number of carbonyl (C=O) groups excluding carboxylic acids is 7. The van der Waals surface area contributed by atoms with E-state index in [1.165, 1.54) is 27.4 Å². The number of nitrogens with one attached hydrogen (secondary N) is 1. The molecule has 3 unspecified atom stereocenters. The minimum atomic E-state index is -1.14. The van der Waals surface area contributed by atoms with Crippen LogP contribution in [0.5, 0.6) is 40.2 Å². The lowest BCUT2D eigenvalue weighted by molar-refractivity contribution is -0.157. The number of imide groups is 1. The molecule has 4 aromatic rings. The molecule has 4 aromatic carbocycles. The number of hydrogen-bond donors (Lipinski definition) is 2. The van der Waals surface area contributed by atoms with Crippen LogP contribution in [0.1, 0.15) is 94.7 Å². The van der Waals surface area contributed by atoms with Gasteiger partial charge in [0.15, 0.2) is 29.6 Å². The molecule has 19 nitrogen and oxygen atoms in total. The van der Waals surface area contributed by atoms with Gasteiger partial charge in [0.2, 0.25) is 17.6 Å². The number of nitrogens with two attached hydrogens (primary N) is 1. The Bertz CT molecular complexity index is 2600. The third-order valence-corrected chi connectivity index (χ3v) is 12.8. The highest BCUT2D eigenvalue weighted by Gasteiger charge is 2.42. The molecule has 5 amide bonds. The molecule has 2 aliphatic rings. The van der Waals surface area contributed by atoms with Gasteiger partial charge in [-0.3, -0.25) is 28.9 Å². The predicted octanol–water partition coefficient (Wildman–Crippen LogP) is 5.40. The second kappa shape index (κ2) is 26.6. The molecule has 1 fully saturated rings. The lowest BCUT2D eigenvalue weighted by Crippen LogP contribution is -2.49. The second-order valence-electron chi connectivity index (χ2n) is 17.5. The van der Waals surface area contributed by atoms with E-state index in [-0.39, 0.29) is 73.7 Å². The highest BCUT2D eigenvalue weighted by Crippen LogP contribution is 2.39. The monoisotopic (exact) mass is 1010 g/mol. The Morgan fingerprint density at radius 2 is 1.49 bits per heavy atom. The summed E-state index contributed by atoms with van der Waals surface area (Å²) in [4.78, 5) is 92.6. The standard InChI is InChI=1S/C54H64N4O15/c1-66-42-21-18-34(26-44(42)67-2)17-19-37(32-73-54(65)41-15-6-8-24-57(41)49(62)29-35-27-45(68-3)51(70-5)46(28-35)69-4)36-12-10-13-39(30-36)72-33-48(61)56-23-7-9-25-71-43-16-11-14-40-50(43)53(64)58(52(40)63)38(31-59)20-22-47(55)60/h10-14,16,18,21,26-28,30-31,37-38,41H,6-9,15,17,19-20,22-25,29,32-33H2,1-5H3,(H2,55,60)(H,56,61). The summed E-state index contributed by atoms with van der Waals surface area (Å²) < 4.78 is 45.3. The molecule has 0 aliphatic carbocycles. The fraction of sp³-hybridized carbons (Fsp3) is 0.426. The number of carbonyl (C=O) groups is 7. The molecular formula is C54H64N4O15. The zero-order valence-electron chi connectivity index (χ0n) is 41.9. The SMILES string of the molecule is COc1ccc(CCC(COC(=O)C2CCCCN2C(=O)Cc2cc(OC)c(OC)c(OC)c2)c2cccc(OCC(=O)NCCCCOc3cccc4c3C(=O)N(C(C=O)CCC(N)=O)C4=O)c2)cc1OC. The van der Waals surface area contributed by atoms with Crippen LogP contribution in [-0.4, -0.2) is 132 Å². The van der Waals surface area contributed by atoms with Gasteiger partial charge in [0.25, 0.3) is 17.7 Å². The molecule has 6 rings (SSSR count). The first kappa shape index (κ1) is 54.5. The van der Waals surface area contributed by atoms with Gasteiger partial charge in [0.05, 0.1) is 72.4 Å². The smallest absolute Gasteiger partial charge is 0.328 e. The molecule has 390 valence electrons. The number of fused-ring (bicyclic) bond motifs is 1. The lowest BCUT2D eigenvalue weighted by atomic mass is 9.92. The molecule has 3 atom stereocenters. The first-order valence-corrected chi connectivity index (χ1v) is 24.2. The van der Waals surface area contributed by atoms with Crippen molar-refractivity contribution in [2.75, 3.05) is 68.5 Å². The van der Waals surface area contributed by atoms with Crippen LogP contribution in [0.4, 0.5) is 0 Å². The zero-order chi connectivity index (χ0) is 52.4. The molecule has 0 spiro atoms. The molecule has 73 heavy (non-hydrogen) atoms. The Kier molecular flexibility index (Phi) is 19.8. The number of piperidine rings is 1. The number of unbranched alkanes of at least 4 members (excludes halogenated alkanes) is 1. The van der Waals surface area contributed by atoms with Crippen molar-refractivity contribution >= 4 is 41.8 Å². The van der Waals surface area contributed by atoms with Gasteiger partial charge in [-0.05, 0) is 117 Å². The average Bonchev–Trinajstić information content (AvgIpc) is 3.66. The summed E-state index contributed by atoms with van der Waals surface area (Å²) in [5.41, 5.74) is 7.79. The molecule has 0 saturated carbocycles. The van der Waals surface area contributed by atoms with Gasteiger partial charge in [-0.2, -0.15) is 0 Å². The van der Waals surface area contributed by atoms with Gasteiger partial charge in [0.1, 0.15) is 23.8 Å². The second-order valence-corrected chi connectivity index (χ2v) is 17.5. The number of hydrogen-bond acceptors (Lipinski definition) is 15. The molecule has 0 radical (unpaired) electrons. The summed E-state index contributed by atoms with van der Waals surface area (Å²) in [5.74, 6) is -0.314. The van der Waals surface area contributed by atoms with E-state index >= 15 is 0 Å². The Hall–Kier alpha value is -7.83. The maximum Gasteiger partial charge on any atom is 0.328 e. The van der Waals surface area contributed by atoms with Crippen molar-refractivity contribution in [2.24, 2.45) is 5.73 Å². The van der Waals surface area contributed by atoms with Gasteiger partial charge in [0, 0.05) is 25.4 Å². The lowest BCUT2D eigenvalue weighted by Gasteiger charge is -2.34. The minimum Gasteiger partial charge on any atom is -0.493 e. The van der Waals surface area contributed by atoms with Crippen molar-refractivity contribution in [2.45, 2.75) is 82.2 Å². The molecule has 2 aliphatic heterocycles. The van der Waals surface area contributed by atoms with E-state index in [1.54, 1.807) is 49.5 Å². The van der Waals surface area contributed by atoms with Gasteiger partial charge < -0.3 is 58.6 Å². The van der Waals surface area contributed by atoms with Gasteiger partial charge >= 0.3 is 5.97 Å². The van der Waals surface area contributed by atoms with Crippen LogP contribution in [0.2, 0.25) is 0 Å². The van der Waals surface area contributed by atoms with Crippen LogP contribution >= 0.6 is 0 Å². The van der Waals surface area contributed by atoms with E-state index in [0.717, 1.165) is 28.9 Å². The van der Waals surface area contributed by atoms with Crippen molar-refractivity contribution in [1.29, 1.82) is 0 Å². The van der Waals surface area contributed by atoms with E-state index in [0.29, 0.717) is 91.5 Å². The van der Waals surface area contributed by atoms with E-state index in [2.05, 4.69) is 5.32 Å². The summed E-state index contributed by atoms with van der Waals surface area (Å²) in [5, 5.41) is 2.84. The van der Waals surface area contributed by atoms with Crippen LogP contribution in [0, 0.1) is 0 Å². The topological polar surface area (TPSA) is 238 Å². The maximum absolute atomic E-state index is 14.0. The number of amides is 5. The Morgan fingerprint density at radius 1 is 0.767 bits per heavy atom. The fourth-order valence-corrected chi connectivity index (χ4v) is 8.93. The summed E-state index contributed by atoms with van der Waals surface area (Å²) in [6.45, 7) is 0.639. The quantitative estimate of drug-likeness (QED) is 0.0314. The number of nitrogens with zero attached hydrogens (tertiary/aromatic N) is 2. The average molecular weight is 1010 g/mol. The van der Waals surface area contributed by atoms with Gasteiger partial charge in [-0.15, -0.1) is 0 Å². The number of aryl methyl sites for hydroxylation is 1. The third kappa shape index (κ3) is 14.0. The third-order valence-electron chi connectivity index (χ3n) is 12.8. The number of methoxy groups -OCH3 is 5. The molecule has 0 aromatic heterocycles. The number of aldehydes is 1. The van der Waals surface area contributed by atoms with E-state index in [9.17, 15) is 33.6 Å². The summed E-state index contributed by atoms with van der Waals surface area (Å²) in [6.07, 6.45) is 4.34. The number of benzene rings is 4. The van der Waals surface area contributed by atoms with Crippen LogP contribution in [-0.2, 0) is 41.6 Å². The number of likely N-dealkylation sites (tertiary alicyclic amines) is 1. The van der Waals surface area contributed by atoms with E-state index in [4.69, 9.17) is 43.6 Å². The molecule has 19 heteroatoms. The van der Waals surface area contributed by atoms with Gasteiger partial charge in [-0.1, -0.05) is 24.3 Å². The number of esters is 1. The molecular weight excluding hydrogens is 945 g/mol. The van der Waals surface area contributed by atoms with Crippen LogP contribution in [0.15, 0.2) is 72.8 Å². The first-order valence-electron chi connectivity index (χ1n) is 24.2. The minimum absolute atomic E-state index is 0.00837. The molecule has 0 bridgehead atoms. The Morgan fingerprint density at radius 3 is 2.19 bits per heavy atom.